The normalized spacial score (nSPS) is 22.1. The van der Waals surface area contributed by atoms with E-state index in [1.807, 2.05) is 4.90 Å². The molecule has 5 nitrogen and oxygen atoms in total. The monoisotopic (exact) mass is 406 g/mol. The van der Waals surface area contributed by atoms with E-state index in [1.54, 1.807) is 0 Å². The molecule has 0 aromatic rings. The third kappa shape index (κ3) is 9.33. The van der Waals surface area contributed by atoms with Gasteiger partial charge in [0.25, 0.3) is 0 Å². The summed E-state index contributed by atoms with van der Waals surface area (Å²) < 4.78 is 0. The largest absolute Gasteiger partial charge is 0.393 e. The number of hydrogen-bond donors (Lipinski definition) is 2. The van der Waals surface area contributed by atoms with Gasteiger partial charge in [-0.05, 0) is 57.3 Å². The first-order valence-corrected chi connectivity index (χ1v) is 11.9. The molecule has 1 aliphatic heterocycles. The van der Waals surface area contributed by atoms with Crippen LogP contribution in [-0.4, -0.2) is 46.6 Å². The Labute approximate surface area is 177 Å². The second-order valence-electron chi connectivity index (χ2n) is 9.07. The van der Waals surface area contributed by atoms with Crippen molar-refractivity contribution in [3.8, 4) is 0 Å². The van der Waals surface area contributed by atoms with E-state index >= 15 is 0 Å². The smallest absolute Gasteiger partial charge is 0.223 e. The zero-order chi connectivity index (χ0) is 21.1. The number of carbonyl (C=O) groups is 2. The van der Waals surface area contributed by atoms with E-state index in [0.717, 1.165) is 57.8 Å². The quantitative estimate of drug-likeness (QED) is 0.333. The minimum Gasteiger partial charge on any atom is -0.393 e. The molecule has 0 aromatic heterocycles. The molecule has 0 bridgehead atoms. The van der Waals surface area contributed by atoms with Crippen molar-refractivity contribution in [2.24, 2.45) is 5.92 Å². The molecule has 1 unspecified atom stereocenters. The maximum atomic E-state index is 12.5. The first-order valence-electron chi connectivity index (χ1n) is 11.9. The maximum Gasteiger partial charge on any atom is 0.223 e. The number of hydrogen-bond acceptors (Lipinski definition) is 3. The molecule has 29 heavy (non-hydrogen) atoms. The Kier molecular flexibility index (Phi) is 10.8. The Morgan fingerprint density at radius 1 is 1.24 bits per heavy atom. The highest BCUT2D eigenvalue weighted by Crippen LogP contribution is 2.28. The van der Waals surface area contributed by atoms with Crippen LogP contribution in [-0.2, 0) is 9.59 Å². The van der Waals surface area contributed by atoms with Gasteiger partial charge in [0, 0.05) is 31.5 Å². The van der Waals surface area contributed by atoms with Crippen molar-refractivity contribution in [3.63, 3.8) is 0 Å². The summed E-state index contributed by atoms with van der Waals surface area (Å²) in [6, 6.07) is 0.665. The summed E-state index contributed by atoms with van der Waals surface area (Å²) in [4.78, 5) is 26.2. The molecule has 2 amide bonds. The van der Waals surface area contributed by atoms with Crippen molar-refractivity contribution in [2.45, 2.75) is 116 Å². The van der Waals surface area contributed by atoms with Crippen LogP contribution < -0.4 is 5.32 Å². The summed E-state index contributed by atoms with van der Waals surface area (Å²) in [5.41, 5.74) is 0. The summed E-state index contributed by atoms with van der Waals surface area (Å²) in [6.07, 6.45) is 16.2. The Morgan fingerprint density at radius 2 is 2.03 bits per heavy atom. The van der Waals surface area contributed by atoms with Crippen LogP contribution in [0.1, 0.15) is 97.3 Å². The lowest BCUT2D eigenvalue weighted by Gasteiger charge is -2.39. The number of carbonyl (C=O) groups excluding carboxylic acids is 2. The average Bonchev–Trinajstić information content (AvgIpc) is 3.49. The van der Waals surface area contributed by atoms with Crippen LogP contribution >= 0.6 is 0 Å². The van der Waals surface area contributed by atoms with Crippen LogP contribution in [0.4, 0.5) is 0 Å². The molecule has 0 aromatic carbocycles. The minimum atomic E-state index is -0.257. The van der Waals surface area contributed by atoms with E-state index < -0.39 is 0 Å². The van der Waals surface area contributed by atoms with Crippen LogP contribution in [0.15, 0.2) is 12.2 Å². The Morgan fingerprint density at radius 3 is 2.76 bits per heavy atom. The minimum absolute atomic E-state index is 0.165. The van der Waals surface area contributed by atoms with Gasteiger partial charge in [0.05, 0.1) is 6.10 Å². The van der Waals surface area contributed by atoms with Crippen molar-refractivity contribution in [1.29, 1.82) is 0 Å². The number of unbranched alkanes of at least 4 members (excludes halogenated alkanes) is 3. The van der Waals surface area contributed by atoms with Gasteiger partial charge in [-0.25, -0.2) is 0 Å². The summed E-state index contributed by atoms with van der Waals surface area (Å²) in [5.74, 6) is 0.718. The molecule has 2 rings (SSSR count). The number of rotatable bonds is 14. The zero-order valence-electron chi connectivity index (χ0n) is 18.6. The number of amides is 2. The Bertz CT molecular complexity index is 530. The third-order valence-electron chi connectivity index (χ3n) is 6.24. The topological polar surface area (TPSA) is 69.6 Å². The molecule has 2 N–H and O–H groups in total. The van der Waals surface area contributed by atoms with Crippen molar-refractivity contribution >= 4 is 11.8 Å². The Balaban J connectivity index is 1.71. The molecule has 3 atom stereocenters. The summed E-state index contributed by atoms with van der Waals surface area (Å²) in [5, 5.41) is 13.4. The molecule has 166 valence electrons. The second kappa shape index (κ2) is 13.0. The second-order valence-corrected chi connectivity index (χ2v) is 9.07. The lowest BCUT2D eigenvalue weighted by atomic mass is 9.86. The van der Waals surface area contributed by atoms with Crippen molar-refractivity contribution < 1.29 is 14.7 Å². The van der Waals surface area contributed by atoms with Crippen LogP contribution in [0.2, 0.25) is 0 Å². The number of aliphatic hydroxyl groups excluding tert-OH is 1. The highest BCUT2D eigenvalue weighted by atomic mass is 16.3. The van der Waals surface area contributed by atoms with Gasteiger partial charge in [-0.15, -0.1) is 0 Å². The van der Waals surface area contributed by atoms with Gasteiger partial charge in [0.1, 0.15) is 0 Å². The number of nitrogens with one attached hydrogen (secondary N) is 1. The van der Waals surface area contributed by atoms with Crippen LogP contribution in [0.3, 0.4) is 0 Å². The summed E-state index contributed by atoms with van der Waals surface area (Å²) in [6.45, 7) is 5.01. The van der Waals surface area contributed by atoms with Crippen LogP contribution in [0.5, 0.6) is 0 Å². The van der Waals surface area contributed by atoms with Crippen LogP contribution in [0.25, 0.3) is 0 Å². The van der Waals surface area contributed by atoms with Gasteiger partial charge < -0.3 is 15.3 Å². The molecule has 1 saturated heterocycles. The average molecular weight is 407 g/mol. The van der Waals surface area contributed by atoms with E-state index in [1.165, 1.54) is 12.8 Å². The molecular weight excluding hydrogens is 364 g/mol. The highest BCUT2D eigenvalue weighted by Gasteiger charge is 2.31. The fourth-order valence-corrected chi connectivity index (χ4v) is 4.32. The predicted octanol–water partition coefficient (Wildman–Crippen LogP) is 4.34. The maximum absolute atomic E-state index is 12.5. The molecule has 1 saturated carbocycles. The van der Waals surface area contributed by atoms with E-state index in [4.69, 9.17) is 0 Å². The molecule has 0 radical (unpaired) electrons. The Hall–Kier alpha value is -1.36. The summed E-state index contributed by atoms with van der Waals surface area (Å²) >= 11 is 0. The molecule has 1 aliphatic carbocycles. The van der Waals surface area contributed by atoms with Gasteiger partial charge in [-0.3, -0.25) is 9.59 Å². The number of nitrogens with zero attached hydrogens (tertiary/aromatic N) is 1. The number of likely N-dealkylation sites (tertiary alicyclic amines) is 1. The molecule has 5 heteroatoms. The van der Waals surface area contributed by atoms with Crippen molar-refractivity contribution in [1.82, 2.24) is 10.2 Å². The predicted molar refractivity (Wildman–Crippen MR) is 117 cm³/mol. The lowest BCUT2D eigenvalue weighted by Crippen LogP contribution is -2.47. The summed E-state index contributed by atoms with van der Waals surface area (Å²) in [7, 11) is 0. The van der Waals surface area contributed by atoms with E-state index in [9.17, 15) is 14.7 Å². The highest BCUT2D eigenvalue weighted by molar-refractivity contribution is 5.77. The van der Waals surface area contributed by atoms with Gasteiger partial charge >= 0.3 is 0 Å². The molecular formula is C24H42N2O3. The molecule has 2 fully saturated rings. The molecule has 2 aliphatic rings. The van der Waals surface area contributed by atoms with Crippen LogP contribution in [0, 0.1) is 5.92 Å². The van der Waals surface area contributed by atoms with Gasteiger partial charge in [0.15, 0.2) is 0 Å². The van der Waals surface area contributed by atoms with Crippen molar-refractivity contribution in [3.05, 3.63) is 12.2 Å². The fourth-order valence-electron chi connectivity index (χ4n) is 4.32. The van der Waals surface area contributed by atoms with Gasteiger partial charge in [-0.1, -0.05) is 45.3 Å². The fraction of sp³-hybridized carbons (Fsp3) is 0.833. The van der Waals surface area contributed by atoms with Crippen molar-refractivity contribution in [2.75, 3.05) is 6.54 Å². The number of piperidine rings is 1. The zero-order valence-corrected chi connectivity index (χ0v) is 18.6. The first kappa shape index (κ1) is 23.9. The standard InChI is InChI=1S/C24H42N2O3/c1-3-4-7-11-21(27)18-19(2)22-12-10-14-24(29)26(22)17-9-6-5-8-13-23(28)25-20-15-16-20/h6,9,19-22,27H,3-5,7-8,10-18H2,1-2H3,(H,25,28)/b9-6-/t19-,21?,22+/m0/s1. The first-order chi connectivity index (χ1) is 14.0. The SMILES string of the molecule is CCCCCC(O)C[C@H](C)[C@H]1CCCC(=O)N1C/C=C\CCCC(=O)NC1CC1. The lowest BCUT2D eigenvalue weighted by molar-refractivity contribution is -0.137. The van der Waals surface area contributed by atoms with E-state index in [-0.39, 0.29) is 24.0 Å². The number of aliphatic hydroxyl groups is 1. The van der Waals surface area contributed by atoms with Gasteiger partial charge in [-0.2, -0.15) is 0 Å². The molecule has 0 spiro atoms. The van der Waals surface area contributed by atoms with Gasteiger partial charge in [0.2, 0.25) is 11.8 Å². The number of allylic oxidation sites excluding steroid dienone is 1. The molecule has 1 heterocycles. The third-order valence-corrected chi connectivity index (χ3v) is 6.24. The van der Waals surface area contributed by atoms with E-state index in [2.05, 4.69) is 31.3 Å². The van der Waals surface area contributed by atoms with E-state index in [0.29, 0.717) is 31.3 Å².